The number of rotatable bonds is 7. The highest BCUT2D eigenvalue weighted by atomic mass is 32.2. The minimum absolute atomic E-state index is 0.365. The second kappa shape index (κ2) is 6.75. The highest BCUT2D eigenvalue weighted by Crippen LogP contribution is 2.20. The predicted molar refractivity (Wildman–Crippen MR) is 75.8 cm³/mol. The highest BCUT2D eigenvalue weighted by molar-refractivity contribution is 7.90. The van der Waals surface area contributed by atoms with Gasteiger partial charge in [0.15, 0.2) is 9.84 Å². The molecule has 1 aromatic carbocycles. The average Bonchev–Trinajstić information content (AvgIpc) is 2.34. The smallest absolute Gasteiger partial charge is 0.177 e. The topological polar surface area (TPSA) is 49.4 Å². The fourth-order valence-electron chi connectivity index (χ4n) is 1.82. The van der Waals surface area contributed by atoms with Crippen molar-refractivity contribution in [3.8, 4) is 0 Å². The molecule has 0 radical (unpaired) electrons. The third-order valence-corrected chi connectivity index (χ3v) is 4.08. The van der Waals surface area contributed by atoms with Crippen molar-refractivity contribution in [1.82, 2.24) is 4.90 Å². The van der Waals surface area contributed by atoms with Gasteiger partial charge in [-0.1, -0.05) is 26.0 Å². The van der Waals surface area contributed by atoms with Crippen LogP contribution >= 0.6 is 0 Å². The van der Waals surface area contributed by atoms with Crippen molar-refractivity contribution in [2.45, 2.75) is 18.7 Å². The largest absolute Gasteiger partial charge is 0.383 e. The molecule has 0 aliphatic heterocycles. The van der Waals surface area contributed by atoms with Gasteiger partial charge in [0.25, 0.3) is 0 Å². The molecule has 5 heteroatoms. The zero-order chi connectivity index (χ0) is 13.6. The molecule has 0 saturated carbocycles. The lowest BCUT2D eigenvalue weighted by molar-refractivity contribution is 0.316. The van der Waals surface area contributed by atoms with Crippen molar-refractivity contribution in [3.05, 3.63) is 24.3 Å². The number of likely N-dealkylation sites (N-methyl/N-ethyl adjacent to an activating group) is 1. The Morgan fingerprint density at radius 1 is 1.17 bits per heavy atom. The van der Waals surface area contributed by atoms with Crippen molar-refractivity contribution in [2.24, 2.45) is 0 Å². The van der Waals surface area contributed by atoms with Crippen LogP contribution in [0.1, 0.15) is 13.8 Å². The second-order valence-electron chi connectivity index (χ2n) is 4.22. The van der Waals surface area contributed by atoms with Crippen molar-refractivity contribution in [1.29, 1.82) is 0 Å². The first-order chi connectivity index (χ1) is 8.49. The third-order valence-electron chi connectivity index (χ3n) is 2.92. The summed E-state index contributed by atoms with van der Waals surface area (Å²) in [5.41, 5.74) is 0.687. The molecule has 0 fully saturated rings. The molecule has 0 aromatic heterocycles. The zero-order valence-corrected chi connectivity index (χ0v) is 12.1. The average molecular weight is 270 g/mol. The summed E-state index contributed by atoms with van der Waals surface area (Å²) in [6, 6.07) is 7.02. The number of sulfone groups is 1. The first-order valence-electron chi connectivity index (χ1n) is 6.24. The van der Waals surface area contributed by atoms with Crippen molar-refractivity contribution in [3.63, 3.8) is 0 Å². The molecule has 0 heterocycles. The van der Waals surface area contributed by atoms with E-state index in [2.05, 4.69) is 24.1 Å². The van der Waals surface area contributed by atoms with Gasteiger partial charge in [-0.2, -0.15) is 0 Å². The molecular weight excluding hydrogens is 248 g/mol. The first-order valence-corrected chi connectivity index (χ1v) is 8.13. The van der Waals surface area contributed by atoms with Crippen LogP contribution in [-0.4, -0.2) is 45.8 Å². The monoisotopic (exact) mass is 270 g/mol. The van der Waals surface area contributed by atoms with Crippen LogP contribution < -0.4 is 5.32 Å². The van der Waals surface area contributed by atoms with Crippen LogP contribution in [0.5, 0.6) is 0 Å². The van der Waals surface area contributed by atoms with E-state index in [1.54, 1.807) is 18.2 Å². The summed E-state index contributed by atoms with van der Waals surface area (Å²) >= 11 is 0. The van der Waals surface area contributed by atoms with Gasteiger partial charge in [-0.3, -0.25) is 0 Å². The minimum atomic E-state index is -3.17. The van der Waals surface area contributed by atoms with Crippen molar-refractivity contribution >= 4 is 15.5 Å². The summed E-state index contributed by atoms with van der Waals surface area (Å²) in [5.74, 6) is 0. The molecule has 0 atom stereocenters. The molecule has 0 amide bonds. The first kappa shape index (κ1) is 15.0. The van der Waals surface area contributed by atoms with E-state index in [1.165, 1.54) is 6.26 Å². The lowest BCUT2D eigenvalue weighted by Gasteiger charge is -2.19. The molecule has 1 aromatic rings. The molecule has 0 spiro atoms. The Morgan fingerprint density at radius 3 is 2.33 bits per heavy atom. The number of anilines is 1. The van der Waals surface area contributed by atoms with Gasteiger partial charge in [0, 0.05) is 19.3 Å². The maximum Gasteiger partial charge on any atom is 0.177 e. The normalized spacial score (nSPS) is 11.8. The fraction of sp³-hybridized carbons (Fsp3) is 0.538. The molecule has 1 N–H and O–H groups in total. The van der Waals surface area contributed by atoms with Crippen LogP contribution in [0.2, 0.25) is 0 Å². The van der Waals surface area contributed by atoms with Crippen LogP contribution in [0.25, 0.3) is 0 Å². The van der Waals surface area contributed by atoms with E-state index in [-0.39, 0.29) is 0 Å². The lowest BCUT2D eigenvalue weighted by Crippen LogP contribution is -2.28. The third kappa shape index (κ3) is 4.31. The minimum Gasteiger partial charge on any atom is -0.383 e. The Bertz CT molecular complexity index is 468. The van der Waals surface area contributed by atoms with Crippen molar-refractivity contribution in [2.75, 3.05) is 37.8 Å². The molecule has 102 valence electrons. The van der Waals surface area contributed by atoms with E-state index < -0.39 is 9.84 Å². The van der Waals surface area contributed by atoms with E-state index in [0.717, 1.165) is 26.2 Å². The Hall–Kier alpha value is -1.07. The Kier molecular flexibility index (Phi) is 5.62. The Labute approximate surface area is 110 Å². The SMILES string of the molecule is CCN(CC)CCNc1ccccc1S(C)(=O)=O. The molecule has 0 aliphatic rings. The zero-order valence-electron chi connectivity index (χ0n) is 11.3. The summed E-state index contributed by atoms with van der Waals surface area (Å²) in [7, 11) is -3.17. The van der Waals surface area contributed by atoms with Gasteiger partial charge in [0.1, 0.15) is 0 Å². The number of para-hydroxylation sites is 1. The van der Waals surface area contributed by atoms with Gasteiger partial charge in [-0.15, -0.1) is 0 Å². The second-order valence-corrected chi connectivity index (χ2v) is 6.21. The van der Waals surface area contributed by atoms with Gasteiger partial charge >= 0.3 is 0 Å². The summed E-state index contributed by atoms with van der Waals surface area (Å²) in [6.07, 6.45) is 1.23. The van der Waals surface area contributed by atoms with Gasteiger partial charge in [0.2, 0.25) is 0 Å². The van der Waals surface area contributed by atoms with E-state index >= 15 is 0 Å². The fourth-order valence-corrected chi connectivity index (χ4v) is 2.69. The van der Waals surface area contributed by atoms with E-state index in [0.29, 0.717) is 10.6 Å². The standard InChI is InChI=1S/C13H22N2O2S/c1-4-15(5-2)11-10-14-12-8-6-7-9-13(12)18(3,16)17/h6-9,14H,4-5,10-11H2,1-3H3. The number of nitrogens with one attached hydrogen (secondary N) is 1. The van der Waals surface area contributed by atoms with Crippen LogP contribution in [0.4, 0.5) is 5.69 Å². The predicted octanol–water partition coefficient (Wildman–Crippen LogP) is 1.84. The van der Waals surface area contributed by atoms with E-state index in [1.807, 2.05) is 6.07 Å². The Balaban J connectivity index is 2.68. The quantitative estimate of drug-likeness (QED) is 0.821. The van der Waals surface area contributed by atoms with Crippen molar-refractivity contribution < 1.29 is 8.42 Å². The molecule has 0 unspecified atom stereocenters. The van der Waals surface area contributed by atoms with Gasteiger partial charge in [0.05, 0.1) is 10.6 Å². The summed E-state index contributed by atoms with van der Waals surface area (Å²) in [4.78, 5) is 2.65. The number of nitrogens with zero attached hydrogens (tertiary/aromatic N) is 1. The highest BCUT2D eigenvalue weighted by Gasteiger charge is 2.11. The van der Waals surface area contributed by atoms with Gasteiger partial charge in [-0.05, 0) is 25.2 Å². The van der Waals surface area contributed by atoms with Crippen LogP contribution in [-0.2, 0) is 9.84 Å². The van der Waals surface area contributed by atoms with E-state index in [9.17, 15) is 8.42 Å². The van der Waals surface area contributed by atoms with Crippen LogP contribution in [0.15, 0.2) is 29.2 Å². The molecule has 18 heavy (non-hydrogen) atoms. The van der Waals surface area contributed by atoms with Gasteiger partial charge < -0.3 is 10.2 Å². The maximum absolute atomic E-state index is 11.6. The van der Waals surface area contributed by atoms with Crippen LogP contribution in [0.3, 0.4) is 0 Å². The summed E-state index contributed by atoms with van der Waals surface area (Å²) in [6.45, 7) is 7.90. The molecule has 0 saturated heterocycles. The molecular formula is C13H22N2O2S. The molecule has 0 aliphatic carbocycles. The summed E-state index contributed by atoms with van der Waals surface area (Å²) in [5, 5.41) is 3.20. The van der Waals surface area contributed by atoms with Crippen LogP contribution in [0, 0.1) is 0 Å². The van der Waals surface area contributed by atoms with E-state index in [4.69, 9.17) is 0 Å². The number of benzene rings is 1. The lowest BCUT2D eigenvalue weighted by atomic mass is 10.3. The Morgan fingerprint density at radius 2 is 1.78 bits per heavy atom. The van der Waals surface area contributed by atoms with Gasteiger partial charge in [-0.25, -0.2) is 8.42 Å². The summed E-state index contributed by atoms with van der Waals surface area (Å²) < 4.78 is 23.2. The molecule has 4 nitrogen and oxygen atoms in total. The number of hydrogen-bond acceptors (Lipinski definition) is 4. The molecule has 1 rings (SSSR count). The maximum atomic E-state index is 11.6. The molecule has 0 bridgehead atoms. The number of hydrogen-bond donors (Lipinski definition) is 1.